The third kappa shape index (κ3) is 6.01. The molecule has 21 heavy (non-hydrogen) atoms. The van der Waals surface area contributed by atoms with Crippen LogP contribution in [0.5, 0.6) is 0 Å². The number of aromatic nitrogens is 1. The number of nitrogens with one attached hydrogen (secondary N) is 2. The number of anilines is 1. The van der Waals surface area contributed by atoms with Gasteiger partial charge in [-0.25, -0.2) is 4.98 Å². The SMILES string of the molecule is CCCNc1ncc(C(=O)NCCC(C)S(C)=O)cc1Cl. The van der Waals surface area contributed by atoms with Crippen molar-refractivity contribution >= 4 is 34.1 Å². The lowest BCUT2D eigenvalue weighted by Gasteiger charge is -2.10. The summed E-state index contributed by atoms with van der Waals surface area (Å²) < 4.78 is 11.2. The maximum Gasteiger partial charge on any atom is 0.252 e. The monoisotopic (exact) mass is 331 g/mol. The first-order valence-electron chi connectivity index (χ1n) is 6.95. The lowest BCUT2D eigenvalue weighted by atomic mass is 10.2. The van der Waals surface area contributed by atoms with Crippen LogP contribution in [0.4, 0.5) is 5.82 Å². The van der Waals surface area contributed by atoms with Crippen LogP contribution in [-0.4, -0.2) is 39.7 Å². The second kappa shape index (κ2) is 9.00. The first-order valence-corrected chi connectivity index (χ1v) is 8.95. The van der Waals surface area contributed by atoms with E-state index >= 15 is 0 Å². The standard InChI is InChI=1S/C14H22ClN3O2S/c1-4-6-16-13-12(15)8-11(9-18-13)14(19)17-7-5-10(2)21(3)20/h8-10H,4-7H2,1-3H3,(H,16,18)(H,17,19). The minimum Gasteiger partial charge on any atom is -0.369 e. The molecule has 1 aromatic heterocycles. The van der Waals surface area contributed by atoms with Crippen molar-refractivity contribution in [3.05, 3.63) is 22.8 Å². The molecule has 0 saturated carbocycles. The second-order valence-corrected chi connectivity index (χ2v) is 7.04. The minimum atomic E-state index is -0.873. The maximum absolute atomic E-state index is 12.0. The van der Waals surface area contributed by atoms with Crippen molar-refractivity contribution < 1.29 is 9.00 Å². The van der Waals surface area contributed by atoms with E-state index < -0.39 is 10.8 Å². The van der Waals surface area contributed by atoms with Crippen molar-refractivity contribution in [2.75, 3.05) is 24.7 Å². The summed E-state index contributed by atoms with van der Waals surface area (Å²) in [5.41, 5.74) is 0.423. The van der Waals surface area contributed by atoms with Crippen molar-refractivity contribution in [1.82, 2.24) is 10.3 Å². The van der Waals surface area contributed by atoms with Crippen molar-refractivity contribution in [2.45, 2.75) is 31.9 Å². The fourth-order valence-corrected chi connectivity index (χ4v) is 2.28. The highest BCUT2D eigenvalue weighted by Crippen LogP contribution is 2.20. The van der Waals surface area contributed by atoms with Crippen LogP contribution in [0.3, 0.4) is 0 Å². The Bertz CT molecular complexity index is 511. The van der Waals surface area contributed by atoms with E-state index in [1.807, 2.05) is 13.8 Å². The molecule has 1 amide bonds. The summed E-state index contributed by atoms with van der Waals surface area (Å²) >= 11 is 6.09. The molecule has 0 aliphatic rings. The van der Waals surface area contributed by atoms with E-state index in [0.717, 1.165) is 13.0 Å². The predicted molar refractivity (Wildman–Crippen MR) is 88.5 cm³/mol. The lowest BCUT2D eigenvalue weighted by Crippen LogP contribution is -2.27. The quantitative estimate of drug-likeness (QED) is 0.767. The molecule has 0 aromatic carbocycles. The Morgan fingerprint density at radius 2 is 2.19 bits per heavy atom. The zero-order chi connectivity index (χ0) is 15.8. The van der Waals surface area contributed by atoms with Crippen LogP contribution < -0.4 is 10.6 Å². The Morgan fingerprint density at radius 3 is 2.76 bits per heavy atom. The number of nitrogens with zero attached hydrogens (tertiary/aromatic N) is 1. The van der Waals surface area contributed by atoms with Crippen molar-refractivity contribution in [1.29, 1.82) is 0 Å². The Balaban J connectivity index is 2.54. The fourth-order valence-electron chi connectivity index (χ4n) is 1.59. The summed E-state index contributed by atoms with van der Waals surface area (Å²) in [5, 5.41) is 6.37. The lowest BCUT2D eigenvalue weighted by molar-refractivity contribution is 0.0953. The molecule has 5 nitrogen and oxygen atoms in total. The van der Waals surface area contributed by atoms with Crippen LogP contribution in [0.1, 0.15) is 37.0 Å². The summed E-state index contributed by atoms with van der Waals surface area (Å²) in [6, 6.07) is 1.60. The fraction of sp³-hybridized carbons (Fsp3) is 0.571. The molecule has 2 atom stereocenters. The molecule has 0 spiro atoms. The number of halogens is 1. The smallest absolute Gasteiger partial charge is 0.252 e. The van der Waals surface area contributed by atoms with E-state index in [-0.39, 0.29) is 11.2 Å². The van der Waals surface area contributed by atoms with Gasteiger partial charge in [0, 0.05) is 41.6 Å². The molecule has 1 heterocycles. The summed E-state index contributed by atoms with van der Waals surface area (Å²) in [6.45, 7) is 5.21. The molecule has 0 aliphatic heterocycles. The van der Waals surface area contributed by atoms with E-state index in [4.69, 9.17) is 11.6 Å². The van der Waals surface area contributed by atoms with Gasteiger partial charge in [-0.1, -0.05) is 25.4 Å². The van der Waals surface area contributed by atoms with Gasteiger partial charge >= 0.3 is 0 Å². The summed E-state index contributed by atoms with van der Waals surface area (Å²) in [7, 11) is -0.873. The second-order valence-electron chi connectivity index (χ2n) is 4.83. The number of carbonyl (C=O) groups is 1. The normalized spacial score (nSPS) is 13.5. The van der Waals surface area contributed by atoms with Gasteiger partial charge in [0.15, 0.2) is 0 Å². The summed E-state index contributed by atoms with van der Waals surface area (Å²) in [5.74, 6) is 0.366. The van der Waals surface area contributed by atoms with Gasteiger partial charge < -0.3 is 10.6 Å². The average molecular weight is 332 g/mol. The summed E-state index contributed by atoms with van der Waals surface area (Å²) in [6.07, 6.45) is 4.81. The molecule has 1 aromatic rings. The highest BCUT2D eigenvalue weighted by atomic mass is 35.5. The third-order valence-corrected chi connectivity index (χ3v) is 4.71. The van der Waals surface area contributed by atoms with Gasteiger partial charge in [0.25, 0.3) is 5.91 Å². The molecule has 0 bridgehead atoms. The molecular weight excluding hydrogens is 310 g/mol. The zero-order valence-corrected chi connectivity index (χ0v) is 14.2. The molecular formula is C14H22ClN3O2S. The number of hydrogen-bond donors (Lipinski definition) is 2. The first kappa shape index (κ1) is 17.9. The molecule has 7 heteroatoms. The molecule has 2 N–H and O–H groups in total. The van der Waals surface area contributed by atoms with E-state index in [1.54, 1.807) is 12.3 Å². The zero-order valence-electron chi connectivity index (χ0n) is 12.6. The Kier molecular flexibility index (Phi) is 7.67. The van der Waals surface area contributed by atoms with E-state index in [0.29, 0.717) is 29.4 Å². The van der Waals surface area contributed by atoms with Crippen LogP contribution in [0, 0.1) is 0 Å². The first-order chi connectivity index (χ1) is 9.95. The van der Waals surface area contributed by atoms with Gasteiger partial charge in [-0.15, -0.1) is 0 Å². The van der Waals surface area contributed by atoms with Gasteiger partial charge in [-0.3, -0.25) is 9.00 Å². The van der Waals surface area contributed by atoms with Crippen LogP contribution in [0.15, 0.2) is 12.3 Å². The molecule has 1 rings (SSSR count). The Hall–Kier alpha value is -1.14. The van der Waals surface area contributed by atoms with Gasteiger partial charge in [-0.2, -0.15) is 0 Å². The van der Waals surface area contributed by atoms with Crippen molar-refractivity contribution in [3.63, 3.8) is 0 Å². The van der Waals surface area contributed by atoms with Gasteiger partial charge in [0.05, 0.1) is 10.6 Å². The van der Waals surface area contributed by atoms with Crippen LogP contribution in [0.25, 0.3) is 0 Å². The van der Waals surface area contributed by atoms with Crippen LogP contribution >= 0.6 is 11.6 Å². The molecule has 0 fully saturated rings. The number of hydrogen-bond acceptors (Lipinski definition) is 4. The average Bonchev–Trinajstić information content (AvgIpc) is 2.45. The van der Waals surface area contributed by atoms with Crippen LogP contribution in [0.2, 0.25) is 5.02 Å². The highest BCUT2D eigenvalue weighted by Gasteiger charge is 2.11. The van der Waals surface area contributed by atoms with Gasteiger partial charge in [0.2, 0.25) is 0 Å². The highest BCUT2D eigenvalue weighted by molar-refractivity contribution is 7.84. The molecule has 0 saturated heterocycles. The van der Waals surface area contributed by atoms with E-state index in [1.165, 1.54) is 6.20 Å². The van der Waals surface area contributed by atoms with Crippen LogP contribution in [-0.2, 0) is 10.8 Å². The van der Waals surface area contributed by atoms with Crippen molar-refractivity contribution in [3.8, 4) is 0 Å². The molecule has 0 aliphatic carbocycles. The molecule has 2 unspecified atom stereocenters. The largest absolute Gasteiger partial charge is 0.369 e. The third-order valence-electron chi connectivity index (χ3n) is 3.05. The van der Waals surface area contributed by atoms with E-state index in [9.17, 15) is 9.00 Å². The molecule has 118 valence electrons. The number of amides is 1. The minimum absolute atomic E-state index is 0.0626. The maximum atomic E-state index is 12.0. The Labute approximate surface area is 133 Å². The number of rotatable bonds is 8. The molecule has 0 radical (unpaired) electrons. The van der Waals surface area contributed by atoms with Gasteiger partial charge in [0.1, 0.15) is 5.82 Å². The van der Waals surface area contributed by atoms with Crippen molar-refractivity contribution in [2.24, 2.45) is 0 Å². The topological polar surface area (TPSA) is 71.1 Å². The number of carbonyl (C=O) groups excluding carboxylic acids is 1. The number of pyridine rings is 1. The Morgan fingerprint density at radius 1 is 1.48 bits per heavy atom. The summed E-state index contributed by atoms with van der Waals surface area (Å²) in [4.78, 5) is 16.1. The van der Waals surface area contributed by atoms with E-state index in [2.05, 4.69) is 15.6 Å². The predicted octanol–water partition coefficient (Wildman–Crippen LogP) is 2.44. The van der Waals surface area contributed by atoms with Gasteiger partial charge in [-0.05, 0) is 18.9 Å².